The molecule has 3 nitrogen and oxygen atoms in total. The molecule has 2 aromatic carbocycles. The molecule has 3 heteroatoms. The number of ether oxygens (including phenoxy) is 1. The van der Waals surface area contributed by atoms with Crippen molar-refractivity contribution in [2.45, 2.75) is 19.6 Å². The topological polar surface area (TPSA) is 41.5 Å². The van der Waals surface area contributed by atoms with Crippen LogP contribution in [0.1, 0.15) is 12.5 Å². The summed E-state index contributed by atoms with van der Waals surface area (Å²) >= 11 is 0. The summed E-state index contributed by atoms with van der Waals surface area (Å²) in [6.07, 6.45) is -0.342. The number of aliphatic hydroxyl groups excluding tert-OH is 1. The highest BCUT2D eigenvalue weighted by molar-refractivity contribution is 5.87. The van der Waals surface area contributed by atoms with Crippen LogP contribution in [-0.2, 0) is 6.54 Å². The van der Waals surface area contributed by atoms with Crippen molar-refractivity contribution in [3.8, 4) is 5.75 Å². The van der Waals surface area contributed by atoms with E-state index in [-0.39, 0.29) is 6.10 Å². The fourth-order valence-electron chi connectivity index (χ4n) is 2.10. The van der Waals surface area contributed by atoms with Gasteiger partial charge in [-0.1, -0.05) is 30.3 Å². The minimum atomic E-state index is -0.342. The summed E-state index contributed by atoms with van der Waals surface area (Å²) in [6, 6.07) is 12.3. The fourth-order valence-corrected chi connectivity index (χ4v) is 2.10. The first-order valence-corrected chi connectivity index (χ1v) is 6.15. The molecule has 2 N–H and O–H groups in total. The van der Waals surface area contributed by atoms with Crippen molar-refractivity contribution in [3.05, 3.63) is 42.0 Å². The second kappa shape index (κ2) is 5.85. The Bertz CT molecular complexity index is 523. The minimum absolute atomic E-state index is 0.342. The highest BCUT2D eigenvalue weighted by atomic mass is 16.5. The molecule has 0 aliphatic carbocycles. The summed E-state index contributed by atoms with van der Waals surface area (Å²) in [6.45, 7) is 3.04. The Morgan fingerprint density at radius 2 is 2.00 bits per heavy atom. The molecule has 0 amide bonds. The van der Waals surface area contributed by atoms with E-state index < -0.39 is 0 Å². The summed E-state index contributed by atoms with van der Waals surface area (Å²) in [5.74, 6) is 0.881. The van der Waals surface area contributed by atoms with Gasteiger partial charge in [0.25, 0.3) is 0 Å². The number of hydrogen-bond donors (Lipinski definition) is 2. The summed E-state index contributed by atoms with van der Waals surface area (Å²) in [5.41, 5.74) is 1.14. The van der Waals surface area contributed by atoms with Crippen molar-refractivity contribution in [2.24, 2.45) is 0 Å². The van der Waals surface area contributed by atoms with Crippen LogP contribution in [0, 0.1) is 0 Å². The van der Waals surface area contributed by atoms with Gasteiger partial charge in [-0.25, -0.2) is 0 Å². The van der Waals surface area contributed by atoms with E-state index in [9.17, 15) is 5.11 Å². The molecule has 18 heavy (non-hydrogen) atoms. The van der Waals surface area contributed by atoms with Crippen LogP contribution >= 0.6 is 0 Å². The lowest BCUT2D eigenvalue weighted by Gasteiger charge is -2.13. The average Bonchev–Trinajstić information content (AvgIpc) is 2.38. The van der Waals surface area contributed by atoms with Gasteiger partial charge in [0.05, 0.1) is 13.2 Å². The van der Waals surface area contributed by atoms with Gasteiger partial charge in [-0.05, 0) is 23.8 Å². The van der Waals surface area contributed by atoms with E-state index in [2.05, 4.69) is 23.5 Å². The van der Waals surface area contributed by atoms with Crippen LogP contribution in [0.2, 0.25) is 0 Å². The number of fused-ring (bicyclic) bond motifs is 1. The van der Waals surface area contributed by atoms with Crippen molar-refractivity contribution in [3.63, 3.8) is 0 Å². The normalized spacial score (nSPS) is 12.6. The lowest BCUT2D eigenvalue weighted by atomic mass is 10.0. The van der Waals surface area contributed by atoms with E-state index in [0.29, 0.717) is 13.1 Å². The molecule has 0 saturated heterocycles. The van der Waals surface area contributed by atoms with E-state index in [1.807, 2.05) is 18.2 Å². The molecule has 1 unspecified atom stereocenters. The minimum Gasteiger partial charge on any atom is -0.496 e. The van der Waals surface area contributed by atoms with Crippen LogP contribution in [0.15, 0.2) is 36.4 Å². The number of benzene rings is 2. The van der Waals surface area contributed by atoms with E-state index >= 15 is 0 Å². The molecule has 0 aliphatic heterocycles. The Balaban J connectivity index is 2.32. The number of hydrogen-bond acceptors (Lipinski definition) is 3. The monoisotopic (exact) mass is 245 g/mol. The van der Waals surface area contributed by atoms with Gasteiger partial charge in [0.2, 0.25) is 0 Å². The largest absolute Gasteiger partial charge is 0.496 e. The Morgan fingerprint density at radius 1 is 1.22 bits per heavy atom. The van der Waals surface area contributed by atoms with Crippen molar-refractivity contribution < 1.29 is 9.84 Å². The molecule has 0 aliphatic rings. The maximum absolute atomic E-state index is 9.28. The average molecular weight is 245 g/mol. The Labute approximate surface area is 107 Å². The molecular weight excluding hydrogens is 226 g/mol. The number of rotatable bonds is 5. The van der Waals surface area contributed by atoms with Crippen LogP contribution in [0.5, 0.6) is 5.75 Å². The molecule has 2 rings (SSSR count). The second-order valence-electron chi connectivity index (χ2n) is 4.45. The van der Waals surface area contributed by atoms with Crippen molar-refractivity contribution in [2.75, 3.05) is 13.7 Å². The third-order valence-corrected chi connectivity index (χ3v) is 2.96. The Kier molecular flexibility index (Phi) is 4.18. The SMILES string of the molecule is COc1ccc2ccccc2c1CNCC(C)O. The van der Waals surface area contributed by atoms with E-state index in [0.717, 1.165) is 11.3 Å². The molecule has 96 valence electrons. The summed E-state index contributed by atoms with van der Waals surface area (Å²) in [4.78, 5) is 0. The lowest BCUT2D eigenvalue weighted by molar-refractivity contribution is 0.191. The molecule has 2 aromatic rings. The van der Waals surface area contributed by atoms with E-state index in [1.165, 1.54) is 10.8 Å². The van der Waals surface area contributed by atoms with Gasteiger partial charge in [0.15, 0.2) is 0 Å². The smallest absolute Gasteiger partial charge is 0.123 e. The van der Waals surface area contributed by atoms with Crippen molar-refractivity contribution >= 4 is 10.8 Å². The third kappa shape index (κ3) is 2.81. The van der Waals surface area contributed by atoms with Gasteiger partial charge in [-0.2, -0.15) is 0 Å². The molecule has 0 radical (unpaired) electrons. The first-order valence-electron chi connectivity index (χ1n) is 6.15. The number of methoxy groups -OCH3 is 1. The van der Waals surface area contributed by atoms with Crippen LogP contribution in [0.3, 0.4) is 0 Å². The van der Waals surface area contributed by atoms with Crippen molar-refractivity contribution in [1.82, 2.24) is 5.32 Å². The van der Waals surface area contributed by atoms with Gasteiger partial charge in [0, 0.05) is 18.7 Å². The zero-order valence-corrected chi connectivity index (χ0v) is 10.8. The highest BCUT2D eigenvalue weighted by Crippen LogP contribution is 2.27. The first-order chi connectivity index (χ1) is 8.72. The predicted octanol–water partition coefficient (Wildman–Crippen LogP) is 2.32. The van der Waals surface area contributed by atoms with Gasteiger partial charge >= 0.3 is 0 Å². The molecule has 0 bridgehead atoms. The standard InChI is InChI=1S/C15H19NO2/c1-11(17)9-16-10-14-13-6-4-3-5-12(13)7-8-15(14)18-2/h3-8,11,16-17H,9-10H2,1-2H3. The van der Waals surface area contributed by atoms with Crippen LogP contribution in [0.25, 0.3) is 10.8 Å². The fraction of sp³-hybridized carbons (Fsp3) is 0.333. The summed E-state index contributed by atoms with van der Waals surface area (Å²) < 4.78 is 5.41. The zero-order valence-electron chi connectivity index (χ0n) is 10.8. The maximum atomic E-state index is 9.28. The van der Waals surface area contributed by atoms with Crippen LogP contribution < -0.4 is 10.1 Å². The maximum Gasteiger partial charge on any atom is 0.123 e. The van der Waals surface area contributed by atoms with Gasteiger partial charge < -0.3 is 15.2 Å². The number of aliphatic hydroxyl groups is 1. The molecule has 0 heterocycles. The van der Waals surface area contributed by atoms with Gasteiger partial charge in [-0.3, -0.25) is 0 Å². The summed E-state index contributed by atoms with van der Waals surface area (Å²) in [5, 5.41) is 14.9. The predicted molar refractivity (Wildman–Crippen MR) is 73.9 cm³/mol. The Morgan fingerprint density at radius 3 is 2.72 bits per heavy atom. The molecular formula is C15H19NO2. The highest BCUT2D eigenvalue weighted by Gasteiger charge is 2.07. The van der Waals surface area contributed by atoms with Gasteiger partial charge in [-0.15, -0.1) is 0 Å². The van der Waals surface area contributed by atoms with Crippen LogP contribution in [0.4, 0.5) is 0 Å². The molecule has 0 aromatic heterocycles. The number of nitrogens with one attached hydrogen (secondary N) is 1. The molecule has 0 spiro atoms. The molecule has 0 saturated carbocycles. The van der Waals surface area contributed by atoms with Gasteiger partial charge in [0.1, 0.15) is 5.75 Å². The molecule has 0 fully saturated rings. The van der Waals surface area contributed by atoms with E-state index in [4.69, 9.17) is 4.74 Å². The quantitative estimate of drug-likeness (QED) is 0.849. The van der Waals surface area contributed by atoms with Crippen molar-refractivity contribution in [1.29, 1.82) is 0 Å². The first kappa shape index (κ1) is 12.9. The second-order valence-corrected chi connectivity index (χ2v) is 4.45. The van der Waals surface area contributed by atoms with Crippen LogP contribution in [-0.4, -0.2) is 24.9 Å². The molecule has 1 atom stereocenters. The van der Waals surface area contributed by atoms with E-state index in [1.54, 1.807) is 14.0 Å². The zero-order chi connectivity index (χ0) is 13.0. The summed E-state index contributed by atoms with van der Waals surface area (Å²) in [7, 11) is 1.68. The third-order valence-electron chi connectivity index (χ3n) is 2.96. The lowest BCUT2D eigenvalue weighted by Crippen LogP contribution is -2.24. The Hall–Kier alpha value is -1.58.